The average Bonchev–Trinajstić information content (AvgIpc) is 3.39. The molecule has 4 heterocycles. The number of ether oxygens (including phenoxy) is 1. The van der Waals surface area contributed by atoms with E-state index in [1.54, 1.807) is 25.2 Å². The Bertz CT molecular complexity index is 1740. The molecule has 0 bridgehead atoms. The maximum atomic E-state index is 14.2. The van der Waals surface area contributed by atoms with E-state index in [-0.39, 0.29) is 18.1 Å². The van der Waals surface area contributed by atoms with Crippen LogP contribution < -0.4 is 15.6 Å². The molecule has 5 aromatic rings. The number of nitrogens with zero attached hydrogens (tertiary/aromatic N) is 3. The van der Waals surface area contributed by atoms with Gasteiger partial charge in [-0.2, -0.15) is 0 Å². The van der Waals surface area contributed by atoms with Crippen molar-refractivity contribution >= 4 is 27.3 Å². The molecule has 1 aliphatic heterocycles. The Morgan fingerprint density at radius 3 is 2.78 bits per heavy atom. The lowest BCUT2D eigenvalue weighted by Gasteiger charge is -2.18. The Morgan fingerprint density at radius 1 is 1.03 bits per heavy atom. The van der Waals surface area contributed by atoms with Gasteiger partial charge < -0.3 is 14.6 Å². The molecular formula is C28H21FN4O3S. The molecule has 7 nitrogen and oxygen atoms in total. The molecule has 0 unspecified atom stereocenters. The number of benzene rings is 2. The van der Waals surface area contributed by atoms with Gasteiger partial charge in [0, 0.05) is 42.2 Å². The highest BCUT2D eigenvalue weighted by Gasteiger charge is 2.20. The SMILES string of the molecule is Cn1c(COc2cc(F)ccc2-c2nnc(-c3ccc4c(c3)CNC(=O)C4)c3ccsc23)cccc1=O. The number of thiophene rings is 1. The highest BCUT2D eigenvalue weighted by molar-refractivity contribution is 7.17. The van der Waals surface area contributed by atoms with Crippen molar-refractivity contribution in [1.82, 2.24) is 20.1 Å². The number of carbonyl (C=O) groups is 1. The summed E-state index contributed by atoms with van der Waals surface area (Å²) in [7, 11) is 1.67. The fourth-order valence-corrected chi connectivity index (χ4v) is 5.42. The Balaban J connectivity index is 1.40. The maximum Gasteiger partial charge on any atom is 0.250 e. The third-order valence-corrected chi connectivity index (χ3v) is 7.48. The van der Waals surface area contributed by atoms with Gasteiger partial charge in [0.15, 0.2) is 0 Å². The molecule has 1 amide bonds. The molecule has 0 radical (unpaired) electrons. The largest absolute Gasteiger partial charge is 0.487 e. The smallest absolute Gasteiger partial charge is 0.250 e. The number of nitrogens with one attached hydrogen (secondary N) is 1. The molecule has 6 rings (SSSR count). The highest BCUT2D eigenvalue weighted by atomic mass is 32.1. The van der Waals surface area contributed by atoms with Crippen molar-refractivity contribution < 1.29 is 13.9 Å². The van der Waals surface area contributed by atoms with Crippen molar-refractivity contribution in [3.8, 4) is 28.3 Å². The van der Waals surface area contributed by atoms with E-state index < -0.39 is 5.82 Å². The normalized spacial score (nSPS) is 12.9. The van der Waals surface area contributed by atoms with E-state index in [9.17, 15) is 14.0 Å². The average molecular weight is 513 g/mol. The number of hydrogen-bond acceptors (Lipinski definition) is 6. The van der Waals surface area contributed by atoms with Crippen LogP contribution in [0.15, 0.2) is 70.8 Å². The third kappa shape index (κ3) is 4.27. The fourth-order valence-electron chi connectivity index (χ4n) is 4.52. The van der Waals surface area contributed by atoms with Crippen LogP contribution in [0.5, 0.6) is 5.75 Å². The van der Waals surface area contributed by atoms with Crippen molar-refractivity contribution in [3.63, 3.8) is 0 Å². The van der Waals surface area contributed by atoms with Crippen molar-refractivity contribution in [2.75, 3.05) is 0 Å². The Morgan fingerprint density at radius 2 is 1.89 bits per heavy atom. The van der Waals surface area contributed by atoms with E-state index in [0.717, 1.165) is 32.5 Å². The van der Waals surface area contributed by atoms with Gasteiger partial charge in [-0.3, -0.25) is 9.59 Å². The standard InChI is InChI=1S/C28H21FN4O3S/c1-33-20(3-2-4-25(33)35)15-36-23-13-19(29)7-8-21(23)27-28-22(9-10-37-28)26(31-32-27)17-6-5-16-12-24(34)30-14-18(16)11-17/h2-11,13H,12,14-15H2,1H3,(H,30,34). The zero-order chi connectivity index (χ0) is 25.5. The second-order valence-electron chi connectivity index (χ2n) is 8.84. The summed E-state index contributed by atoms with van der Waals surface area (Å²) in [6, 6.07) is 17.2. The van der Waals surface area contributed by atoms with Crippen LogP contribution in [0, 0.1) is 5.82 Å². The quantitative estimate of drug-likeness (QED) is 0.372. The Labute approximate surface area is 215 Å². The monoisotopic (exact) mass is 512 g/mol. The minimum absolute atomic E-state index is 0.0245. The molecule has 2 aromatic carbocycles. The predicted molar refractivity (Wildman–Crippen MR) is 140 cm³/mol. The molecule has 0 fully saturated rings. The Hall–Kier alpha value is -4.37. The number of pyridine rings is 1. The van der Waals surface area contributed by atoms with Crippen molar-refractivity contribution in [1.29, 1.82) is 0 Å². The van der Waals surface area contributed by atoms with Crippen molar-refractivity contribution in [3.05, 3.63) is 99.0 Å². The van der Waals surface area contributed by atoms with Crippen LogP contribution in [0.4, 0.5) is 4.39 Å². The van der Waals surface area contributed by atoms with Gasteiger partial charge in [0.25, 0.3) is 5.56 Å². The second-order valence-corrected chi connectivity index (χ2v) is 9.76. The molecule has 184 valence electrons. The molecule has 0 spiro atoms. The molecule has 37 heavy (non-hydrogen) atoms. The molecule has 1 aliphatic rings. The number of carbonyl (C=O) groups excluding carboxylic acids is 1. The summed E-state index contributed by atoms with van der Waals surface area (Å²) >= 11 is 1.52. The zero-order valence-corrected chi connectivity index (χ0v) is 20.6. The van der Waals surface area contributed by atoms with E-state index in [1.165, 1.54) is 34.1 Å². The molecule has 9 heteroatoms. The van der Waals surface area contributed by atoms with Crippen LogP contribution in [0.1, 0.15) is 16.8 Å². The summed E-state index contributed by atoms with van der Waals surface area (Å²) in [6.07, 6.45) is 0.374. The van der Waals surface area contributed by atoms with Gasteiger partial charge in [-0.25, -0.2) is 4.39 Å². The van der Waals surface area contributed by atoms with E-state index in [0.29, 0.717) is 35.7 Å². The summed E-state index contributed by atoms with van der Waals surface area (Å²) in [6.45, 7) is 0.581. The predicted octanol–water partition coefficient (Wildman–Crippen LogP) is 4.61. The molecule has 0 saturated carbocycles. The topological polar surface area (TPSA) is 86.1 Å². The maximum absolute atomic E-state index is 14.2. The summed E-state index contributed by atoms with van der Waals surface area (Å²) < 4.78 is 22.6. The minimum atomic E-state index is -0.436. The van der Waals surface area contributed by atoms with Gasteiger partial charge >= 0.3 is 0 Å². The Kier molecular flexibility index (Phi) is 5.77. The van der Waals surface area contributed by atoms with Crippen LogP contribution in [0.25, 0.3) is 32.6 Å². The third-order valence-electron chi connectivity index (χ3n) is 6.56. The molecule has 1 N–H and O–H groups in total. The molecule has 0 aliphatic carbocycles. The van der Waals surface area contributed by atoms with Gasteiger partial charge in [0.1, 0.15) is 29.6 Å². The van der Waals surface area contributed by atoms with E-state index in [2.05, 4.69) is 15.5 Å². The highest BCUT2D eigenvalue weighted by Crippen LogP contribution is 2.39. The van der Waals surface area contributed by atoms with Gasteiger partial charge in [-0.1, -0.05) is 18.2 Å². The lowest BCUT2D eigenvalue weighted by molar-refractivity contribution is -0.121. The van der Waals surface area contributed by atoms with E-state index >= 15 is 0 Å². The van der Waals surface area contributed by atoms with Gasteiger partial charge in [-0.15, -0.1) is 21.5 Å². The number of rotatable bonds is 5. The number of amides is 1. The van der Waals surface area contributed by atoms with E-state index in [1.807, 2.05) is 29.6 Å². The summed E-state index contributed by atoms with van der Waals surface area (Å²) in [5, 5.41) is 14.9. The first-order chi connectivity index (χ1) is 18.0. The van der Waals surface area contributed by atoms with Crippen LogP contribution in [-0.4, -0.2) is 20.7 Å². The first kappa shape index (κ1) is 23.1. The molecule has 0 atom stereocenters. The number of fused-ring (bicyclic) bond motifs is 2. The summed E-state index contributed by atoms with van der Waals surface area (Å²) in [4.78, 5) is 23.7. The van der Waals surface area contributed by atoms with Crippen molar-refractivity contribution in [2.24, 2.45) is 7.05 Å². The van der Waals surface area contributed by atoms with Crippen LogP contribution in [-0.2, 0) is 31.4 Å². The summed E-state index contributed by atoms with van der Waals surface area (Å²) in [5.74, 6) is -0.0946. The first-order valence-corrected chi connectivity index (χ1v) is 12.6. The van der Waals surface area contributed by atoms with Gasteiger partial charge in [0.2, 0.25) is 5.91 Å². The molecule has 3 aromatic heterocycles. The van der Waals surface area contributed by atoms with Crippen LogP contribution in [0.2, 0.25) is 0 Å². The first-order valence-electron chi connectivity index (χ1n) is 11.7. The number of halogens is 1. The fraction of sp³-hybridized carbons (Fsp3) is 0.143. The van der Waals surface area contributed by atoms with Gasteiger partial charge in [-0.05, 0) is 46.8 Å². The molecular weight excluding hydrogens is 491 g/mol. The van der Waals surface area contributed by atoms with Crippen LogP contribution >= 0.6 is 11.3 Å². The summed E-state index contributed by atoms with van der Waals surface area (Å²) in [5.41, 5.74) is 5.46. The minimum Gasteiger partial charge on any atom is -0.487 e. The number of hydrogen-bond donors (Lipinski definition) is 1. The van der Waals surface area contributed by atoms with E-state index in [4.69, 9.17) is 4.74 Å². The second kappa shape index (κ2) is 9.25. The lowest BCUT2D eigenvalue weighted by Crippen LogP contribution is -2.30. The van der Waals surface area contributed by atoms with Crippen LogP contribution in [0.3, 0.4) is 0 Å². The van der Waals surface area contributed by atoms with Crippen molar-refractivity contribution in [2.45, 2.75) is 19.6 Å². The number of aromatic nitrogens is 3. The molecule has 0 saturated heterocycles. The van der Waals surface area contributed by atoms with Gasteiger partial charge in [0.05, 0.1) is 16.8 Å². The zero-order valence-electron chi connectivity index (χ0n) is 19.8. The lowest BCUT2D eigenvalue weighted by atomic mass is 9.96.